The Hall–Kier alpha value is -1.61. The molecule has 1 amide bonds. The first-order chi connectivity index (χ1) is 7.61. The number of hydrogen-bond acceptors (Lipinski definition) is 2. The molecule has 0 aliphatic carbocycles. The summed E-state index contributed by atoms with van der Waals surface area (Å²) in [6, 6.07) is 8.00. The maximum Gasteiger partial charge on any atom is 0.267 e. The van der Waals surface area contributed by atoms with Gasteiger partial charge < -0.3 is 0 Å². The molecule has 2 N–H and O–H groups in total. The third-order valence-corrected chi connectivity index (χ3v) is 2.13. The van der Waals surface area contributed by atoms with Gasteiger partial charge in [0.05, 0.1) is 0 Å². The Bertz CT molecular complexity index is 383. The van der Waals surface area contributed by atoms with Crippen molar-refractivity contribution in [1.82, 2.24) is 5.48 Å². The lowest BCUT2D eigenvalue weighted by atomic mass is 10.0. The van der Waals surface area contributed by atoms with Gasteiger partial charge >= 0.3 is 0 Å². The van der Waals surface area contributed by atoms with Gasteiger partial charge in [0, 0.05) is 6.08 Å². The molecule has 3 heteroatoms. The van der Waals surface area contributed by atoms with Crippen LogP contribution in [0.3, 0.4) is 0 Å². The van der Waals surface area contributed by atoms with Crippen molar-refractivity contribution in [2.75, 3.05) is 0 Å². The van der Waals surface area contributed by atoms with Crippen LogP contribution in [0, 0.1) is 5.92 Å². The molecule has 0 radical (unpaired) electrons. The minimum absolute atomic E-state index is 0.519. The summed E-state index contributed by atoms with van der Waals surface area (Å²) in [5.41, 5.74) is 3.77. The molecule has 0 aliphatic heterocycles. The van der Waals surface area contributed by atoms with E-state index in [0.29, 0.717) is 5.92 Å². The van der Waals surface area contributed by atoms with Gasteiger partial charge in [-0.2, -0.15) is 0 Å². The van der Waals surface area contributed by atoms with Crippen molar-refractivity contribution in [3.05, 3.63) is 41.5 Å². The molecule has 0 spiro atoms. The molecule has 0 saturated carbocycles. The van der Waals surface area contributed by atoms with E-state index in [1.807, 2.05) is 18.2 Å². The normalized spacial score (nSPS) is 11.0. The molecule has 3 nitrogen and oxygen atoms in total. The molecule has 0 heterocycles. The van der Waals surface area contributed by atoms with Gasteiger partial charge in [0.1, 0.15) is 0 Å². The lowest BCUT2D eigenvalue weighted by molar-refractivity contribution is -0.124. The predicted molar refractivity (Wildman–Crippen MR) is 63.9 cm³/mol. The van der Waals surface area contributed by atoms with Crippen molar-refractivity contribution < 1.29 is 10.0 Å². The van der Waals surface area contributed by atoms with Crippen LogP contribution in [0.4, 0.5) is 0 Å². The van der Waals surface area contributed by atoms with Crippen molar-refractivity contribution in [3.63, 3.8) is 0 Å². The summed E-state index contributed by atoms with van der Waals surface area (Å²) in [6.45, 7) is 4.34. The van der Waals surface area contributed by atoms with Crippen LogP contribution in [-0.2, 0) is 11.2 Å². The van der Waals surface area contributed by atoms with Crippen molar-refractivity contribution in [3.8, 4) is 0 Å². The third kappa shape index (κ3) is 4.28. The summed E-state index contributed by atoms with van der Waals surface area (Å²) < 4.78 is 0. The van der Waals surface area contributed by atoms with Crippen molar-refractivity contribution in [2.45, 2.75) is 20.3 Å². The van der Waals surface area contributed by atoms with Gasteiger partial charge in [-0.1, -0.05) is 38.1 Å². The number of hydroxylamine groups is 1. The number of amides is 1. The molecular formula is C13H17NO2. The Morgan fingerprint density at radius 2 is 2.25 bits per heavy atom. The van der Waals surface area contributed by atoms with Gasteiger partial charge in [0.15, 0.2) is 0 Å². The first kappa shape index (κ1) is 12.5. The van der Waals surface area contributed by atoms with Crippen LogP contribution in [0.25, 0.3) is 6.08 Å². The van der Waals surface area contributed by atoms with Crippen LogP contribution in [0.1, 0.15) is 25.0 Å². The molecule has 0 aliphatic rings. The van der Waals surface area contributed by atoms with Crippen LogP contribution in [0.5, 0.6) is 0 Å². The van der Waals surface area contributed by atoms with E-state index in [1.54, 1.807) is 11.6 Å². The molecule has 86 valence electrons. The van der Waals surface area contributed by atoms with Crippen LogP contribution < -0.4 is 5.48 Å². The lowest BCUT2D eigenvalue weighted by Gasteiger charge is -2.05. The monoisotopic (exact) mass is 219 g/mol. The van der Waals surface area contributed by atoms with Crippen LogP contribution >= 0.6 is 0 Å². The minimum atomic E-state index is -0.519. The molecule has 0 aromatic heterocycles. The van der Waals surface area contributed by atoms with Gasteiger partial charge in [0.25, 0.3) is 5.91 Å². The summed E-state index contributed by atoms with van der Waals surface area (Å²) in [5, 5.41) is 8.34. The topological polar surface area (TPSA) is 49.3 Å². The zero-order valence-electron chi connectivity index (χ0n) is 9.60. The Labute approximate surface area is 95.8 Å². The highest BCUT2D eigenvalue weighted by atomic mass is 16.5. The SMILES string of the molecule is CC(C)Cc1cccc(/C=C/C(=O)NO)c1. The number of rotatable bonds is 4. The minimum Gasteiger partial charge on any atom is -0.288 e. The third-order valence-electron chi connectivity index (χ3n) is 2.13. The Morgan fingerprint density at radius 1 is 1.50 bits per heavy atom. The largest absolute Gasteiger partial charge is 0.288 e. The fourth-order valence-corrected chi connectivity index (χ4v) is 1.50. The first-order valence-electron chi connectivity index (χ1n) is 5.33. The van der Waals surface area contributed by atoms with Crippen LogP contribution in [-0.4, -0.2) is 11.1 Å². The average molecular weight is 219 g/mol. The Balaban J connectivity index is 2.74. The number of hydrogen-bond donors (Lipinski definition) is 2. The maximum atomic E-state index is 10.8. The van der Waals surface area contributed by atoms with Gasteiger partial charge in [0.2, 0.25) is 0 Å². The molecular weight excluding hydrogens is 202 g/mol. The molecule has 0 bridgehead atoms. The van der Waals surface area contributed by atoms with E-state index in [0.717, 1.165) is 12.0 Å². The second-order valence-corrected chi connectivity index (χ2v) is 4.15. The van der Waals surface area contributed by atoms with E-state index in [1.165, 1.54) is 11.6 Å². The zero-order valence-corrected chi connectivity index (χ0v) is 9.60. The highest BCUT2D eigenvalue weighted by Gasteiger charge is 1.98. The Morgan fingerprint density at radius 3 is 2.88 bits per heavy atom. The second kappa shape index (κ2) is 6.08. The van der Waals surface area contributed by atoms with E-state index in [-0.39, 0.29) is 0 Å². The van der Waals surface area contributed by atoms with E-state index in [9.17, 15) is 4.79 Å². The molecule has 1 aromatic carbocycles. The van der Waals surface area contributed by atoms with Gasteiger partial charge in [-0.05, 0) is 29.5 Å². The number of nitrogens with one attached hydrogen (secondary N) is 1. The van der Waals surface area contributed by atoms with Crippen molar-refractivity contribution >= 4 is 12.0 Å². The highest BCUT2D eigenvalue weighted by Crippen LogP contribution is 2.11. The standard InChI is InChI=1S/C13H17NO2/c1-10(2)8-12-5-3-4-11(9-12)6-7-13(15)14-16/h3-7,9-10,16H,8H2,1-2H3,(H,14,15)/b7-6+. The first-order valence-corrected chi connectivity index (χ1v) is 5.33. The number of carbonyl (C=O) groups is 1. The van der Waals surface area contributed by atoms with E-state index >= 15 is 0 Å². The van der Waals surface area contributed by atoms with Gasteiger partial charge in [-0.25, -0.2) is 5.48 Å². The van der Waals surface area contributed by atoms with Crippen molar-refractivity contribution in [2.24, 2.45) is 5.92 Å². The summed E-state index contributed by atoms with van der Waals surface area (Å²) in [6.07, 6.45) is 4.00. The predicted octanol–water partition coefficient (Wildman–Crippen LogP) is 2.40. The quantitative estimate of drug-likeness (QED) is 0.464. The van der Waals surface area contributed by atoms with E-state index in [2.05, 4.69) is 19.9 Å². The fraction of sp³-hybridized carbons (Fsp3) is 0.308. The smallest absolute Gasteiger partial charge is 0.267 e. The average Bonchev–Trinajstić information content (AvgIpc) is 2.25. The summed E-state index contributed by atoms with van der Waals surface area (Å²) in [7, 11) is 0. The summed E-state index contributed by atoms with van der Waals surface area (Å²) >= 11 is 0. The Kier molecular flexibility index (Phi) is 4.73. The van der Waals surface area contributed by atoms with Gasteiger partial charge in [-0.15, -0.1) is 0 Å². The van der Waals surface area contributed by atoms with Crippen molar-refractivity contribution in [1.29, 1.82) is 0 Å². The molecule has 0 unspecified atom stereocenters. The fourth-order valence-electron chi connectivity index (χ4n) is 1.50. The van der Waals surface area contributed by atoms with Crippen LogP contribution in [0.15, 0.2) is 30.3 Å². The molecule has 0 saturated heterocycles. The highest BCUT2D eigenvalue weighted by molar-refractivity contribution is 5.90. The number of carbonyl (C=O) groups excluding carboxylic acids is 1. The van der Waals surface area contributed by atoms with E-state index in [4.69, 9.17) is 5.21 Å². The number of benzene rings is 1. The molecule has 0 fully saturated rings. The van der Waals surface area contributed by atoms with Crippen LogP contribution in [0.2, 0.25) is 0 Å². The lowest BCUT2D eigenvalue weighted by Crippen LogP contribution is -2.14. The van der Waals surface area contributed by atoms with Gasteiger partial charge in [-0.3, -0.25) is 10.0 Å². The maximum absolute atomic E-state index is 10.8. The second-order valence-electron chi connectivity index (χ2n) is 4.15. The molecule has 1 aromatic rings. The summed E-state index contributed by atoms with van der Waals surface area (Å²) in [4.78, 5) is 10.8. The summed E-state index contributed by atoms with van der Waals surface area (Å²) in [5.74, 6) is 0.0919. The molecule has 1 rings (SSSR count). The van der Waals surface area contributed by atoms with E-state index < -0.39 is 5.91 Å². The molecule has 16 heavy (non-hydrogen) atoms. The molecule has 0 atom stereocenters. The zero-order chi connectivity index (χ0) is 12.0.